The molecule has 2 aliphatic heterocycles. The molecule has 2 saturated heterocycles. The first-order chi connectivity index (χ1) is 12.0. The second kappa shape index (κ2) is 7.94. The average molecular weight is 349 g/mol. The zero-order valence-corrected chi connectivity index (χ0v) is 14.7. The molecule has 0 radical (unpaired) electrons. The number of β-amino-alcohol motifs (C(OH)–C–C–N with tert-alkyl or cyclic N) is 1. The van der Waals surface area contributed by atoms with Crippen molar-refractivity contribution in [2.45, 2.75) is 13.0 Å². The highest BCUT2D eigenvalue weighted by Crippen LogP contribution is 2.16. The summed E-state index contributed by atoms with van der Waals surface area (Å²) in [5, 5.41) is 13.6. The van der Waals surface area contributed by atoms with Gasteiger partial charge in [0.05, 0.1) is 12.6 Å². The van der Waals surface area contributed by atoms with E-state index in [0.29, 0.717) is 32.7 Å². The third-order valence-electron chi connectivity index (χ3n) is 4.60. The Hall–Kier alpha value is -1.97. The van der Waals surface area contributed by atoms with Crippen molar-refractivity contribution in [2.24, 2.45) is 0 Å². The molecule has 1 aromatic rings. The maximum atomic E-state index is 12.5. The Bertz CT molecular complexity index is 586. The second-order valence-corrected chi connectivity index (χ2v) is 6.69. The molecule has 2 aliphatic rings. The predicted octanol–water partition coefficient (Wildman–Crippen LogP) is -1.72. The number of hydrogen-bond donors (Lipinski definition) is 3. The van der Waals surface area contributed by atoms with Gasteiger partial charge >= 0.3 is 0 Å². The van der Waals surface area contributed by atoms with E-state index < -0.39 is 6.10 Å². The lowest BCUT2D eigenvalue weighted by molar-refractivity contribution is -0.133. The summed E-state index contributed by atoms with van der Waals surface area (Å²) in [5.41, 5.74) is 6.54. The van der Waals surface area contributed by atoms with Gasteiger partial charge in [-0.15, -0.1) is 0 Å². The Morgan fingerprint density at radius 1 is 1.28 bits per heavy atom. The second-order valence-electron chi connectivity index (χ2n) is 6.69. The first kappa shape index (κ1) is 17.8. The summed E-state index contributed by atoms with van der Waals surface area (Å²) in [6, 6.07) is 1.87. The molecule has 138 valence electrons. The van der Waals surface area contributed by atoms with Crippen LogP contribution in [0.5, 0.6) is 0 Å². The average Bonchev–Trinajstić information content (AvgIpc) is 2.76. The van der Waals surface area contributed by atoms with Gasteiger partial charge in [-0.05, 0) is 6.92 Å². The Balaban J connectivity index is 1.61. The van der Waals surface area contributed by atoms with E-state index in [9.17, 15) is 9.90 Å². The minimum atomic E-state index is -0.546. The molecule has 1 amide bonds. The van der Waals surface area contributed by atoms with Crippen LogP contribution >= 0.6 is 0 Å². The fourth-order valence-electron chi connectivity index (χ4n) is 3.35. The van der Waals surface area contributed by atoms with Gasteiger partial charge in [-0.1, -0.05) is 0 Å². The number of anilines is 2. The summed E-state index contributed by atoms with van der Waals surface area (Å²) >= 11 is 0. The molecule has 0 aliphatic carbocycles. The number of amides is 1. The molecule has 0 spiro atoms. The van der Waals surface area contributed by atoms with E-state index in [4.69, 9.17) is 5.73 Å². The monoisotopic (exact) mass is 349 g/mol. The van der Waals surface area contributed by atoms with Crippen LogP contribution in [0.1, 0.15) is 5.69 Å². The summed E-state index contributed by atoms with van der Waals surface area (Å²) in [6.07, 6.45) is -0.546. The summed E-state index contributed by atoms with van der Waals surface area (Å²) < 4.78 is 0. The number of piperazine rings is 1. The van der Waals surface area contributed by atoms with Gasteiger partial charge in [-0.2, -0.15) is 4.98 Å². The van der Waals surface area contributed by atoms with Crippen LogP contribution in [-0.2, 0) is 4.79 Å². The van der Waals surface area contributed by atoms with Crippen LogP contribution < -0.4 is 16.0 Å². The molecule has 9 heteroatoms. The Kier molecular flexibility index (Phi) is 5.67. The van der Waals surface area contributed by atoms with Crippen molar-refractivity contribution in [3.63, 3.8) is 0 Å². The fraction of sp³-hybridized carbons (Fsp3) is 0.688. The van der Waals surface area contributed by atoms with Gasteiger partial charge in [0.1, 0.15) is 5.82 Å². The van der Waals surface area contributed by atoms with Crippen LogP contribution in [0.3, 0.4) is 0 Å². The molecule has 0 bridgehead atoms. The fourth-order valence-corrected chi connectivity index (χ4v) is 3.35. The van der Waals surface area contributed by atoms with E-state index in [1.165, 1.54) is 0 Å². The lowest BCUT2D eigenvalue weighted by Crippen LogP contribution is -2.50. The highest BCUT2D eigenvalue weighted by molar-refractivity contribution is 5.78. The first-order valence-electron chi connectivity index (χ1n) is 8.76. The van der Waals surface area contributed by atoms with Gasteiger partial charge in [-0.25, -0.2) is 4.98 Å². The third-order valence-corrected chi connectivity index (χ3v) is 4.60. The zero-order chi connectivity index (χ0) is 17.8. The van der Waals surface area contributed by atoms with E-state index in [-0.39, 0.29) is 11.9 Å². The molecule has 0 unspecified atom stereocenters. The number of carbonyl (C=O) groups is 1. The van der Waals surface area contributed by atoms with Gasteiger partial charge in [0, 0.05) is 64.1 Å². The van der Waals surface area contributed by atoms with E-state index in [1.54, 1.807) is 0 Å². The van der Waals surface area contributed by atoms with Crippen molar-refractivity contribution in [2.75, 3.05) is 69.5 Å². The number of nitrogens with two attached hydrogens (primary N) is 1. The maximum absolute atomic E-state index is 12.5. The highest BCUT2D eigenvalue weighted by atomic mass is 16.3. The molecular formula is C16H27N7O2. The summed E-state index contributed by atoms with van der Waals surface area (Å²) in [6.45, 7) is 7.72. The van der Waals surface area contributed by atoms with Gasteiger partial charge in [-0.3, -0.25) is 9.69 Å². The van der Waals surface area contributed by atoms with E-state index in [0.717, 1.165) is 37.7 Å². The van der Waals surface area contributed by atoms with Crippen LogP contribution in [0.25, 0.3) is 0 Å². The number of aromatic nitrogens is 2. The van der Waals surface area contributed by atoms with E-state index >= 15 is 0 Å². The molecule has 25 heavy (non-hydrogen) atoms. The number of aliphatic hydroxyl groups excluding tert-OH is 1. The first-order valence-corrected chi connectivity index (χ1v) is 8.76. The van der Waals surface area contributed by atoms with Crippen molar-refractivity contribution in [3.8, 4) is 0 Å². The number of rotatable bonds is 3. The summed E-state index contributed by atoms with van der Waals surface area (Å²) in [7, 11) is 0. The number of nitrogens with one attached hydrogen (secondary N) is 1. The Labute approximate surface area is 147 Å². The smallest absolute Gasteiger partial charge is 0.236 e. The highest BCUT2D eigenvalue weighted by Gasteiger charge is 2.25. The molecule has 0 aromatic carbocycles. The molecular weight excluding hydrogens is 322 g/mol. The number of aliphatic hydroxyl groups is 1. The lowest BCUT2D eigenvalue weighted by Gasteiger charge is -2.30. The van der Waals surface area contributed by atoms with Gasteiger partial charge < -0.3 is 26.0 Å². The zero-order valence-electron chi connectivity index (χ0n) is 14.7. The molecule has 9 nitrogen and oxygen atoms in total. The van der Waals surface area contributed by atoms with Gasteiger partial charge in [0.15, 0.2) is 0 Å². The van der Waals surface area contributed by atoms with Gasteiger partial charge in [0.25, 0.3) is 0 Å². The molecule has 3 heterocycles. The van der Waals surface area contributed by atoms with Crippen LogP contribution in [0.4, 0.5) is 11.8 Å². The van der Waals surface area contributed by atoms with Crippen molar-refractivity contribution in [1.29, 1.82) is 0 Å². The summed E-state index contributed by atoms with van der Waals surface area (Å²) in [5.74, 6) is 1.09. The molecule has 0 saturated carbocycles. The minimum Gasteiger partial charge on any atom is -0.390 e. The van der Waals surface area contributed by atoms with E-state index in [1.807, 2.05) is 27.7 Å². The number of nitrogens with zero attached hydrogens (tertiary/aromatic N) is 5. The van der Waals surface area contributed by atoms with Crippen LogP contribution in [0, 0.1) is 6.92 Å². The van der Waals surface area contributed by atoms with Gasteiger partial charge in [0.2, 0.25) is 11.9 Å². The van der Waals surface area contributed by atoms with Crippen LogP contribution in [0.15, 0.2) is 6.07 Å². The largest absolute Gasteiger partial charge is 0.390 e. The number of nitrogen functional groups attached to an aromatic ring is 1. The molecule has 2 fully saturated rings. The van der Waals surface area contributed by atoms with Crippen molar-refractivity contribution >= 4 is 17.7 Å². The number of hydrogen-bond acceptors (Lipinski definition) is 8. The molecule has 4 N–H and O–H groups in total. The predicted molar refractivity (Wildman–Crippen MR) is 95.3 cm³/mol. The van der Waals surface area contributed by atoms with Crippen LogP contribution in [-0.4, -0.2) is 95.8 Å². The molecule has 1 atom stereocenters. The SMILES string of the molecule is Cc1cc(N2CCN(CC(=O)N3CCNCC3)C[C@@H](O)C2)nc(N)n1. The van der Waals surface area contributed by atoms with E-state index in [2.05, 4.69) is 15.3 Å². The summed E-state index contributed by atoms with van der Waals surface area (Å²) in [4.78, 5) is 26.7. The van der Waals surface area contributed by atoms with Crippen molar-refractivity contribution in [3.05, 3.63) is 11.8 Å². The van der Waals surface area contributed by atoms with Crippen molar-refractivity contribution in [1.82, 2.24) is 25.1 Å². The topological polar surface area (TPSA) is 111 Å². The lowest BCUT2D eigenvalue weighted by atomic mass is 10.3. The van der Waals surface area contributed by atoms with Crippen LogP contribution in [0.2, 0.25) is 0 Å². The minimum absolute atomic E-state index is 0.129. The normalized spacial score (nSPS) is 22.7. The Morgan fingerprint density at radius 3 is 2.76 bits per heavy atom. The van der Waals surface area contributed by atoms with Crippen molar-refractivity contribution < 1.29 is 9.90 Å². The molecule has 1 aromatic heterocycles. The number of aryl methyl sites for hydroxylation is 1. The maximum Gasteiger partial charge on any atom is 0.236 e. The number of carbonyl (C=O) groups excluding carboxylic acids is 1. The quantitative estimate of drug-likeness (QED) is 0.591. The Morgan fingerprint density at radius 2 is 2.04 bits per heavy atom. The standard InChI is InChI=1S/C16H27N7O2/c1-12-8-14(20-16(17)19-12)23-7-6-21(9-13(24)10-23)11-15(25)22-4-2-18-3-5-22/h8,13,18,24H,2-7,9-11H2,1H3,(H2,17,19,20)/t13-/m1/s1. The molecule has 3 rings (SSSR count). The third kappa shape index (κ3) is 4.77.